The highest BCUT2D eigenvalue weighted by Crippen LogP contribution is 2.79. The van der Waals surface area contributed by atoms with Crippen LogP contribution in [0, 0.1) is 45.8 Å². The third-order valence-corrected chi connectivity index (χ3v) is 9.33. The fourth-order valence-electron chi connectivity index (χ4n) is 8.34. The number of carbonyl (C=O) groups is 1. The van der Waals surface area contributed by atoms with Crippen LogP contribution in [0.3, 0.4) is 0 Å². The van der Waals surface area contributed by atoms with Gasteiger partial charge in [0, 0.05) is 7.11 Å². The third kappa shape index (κ3) is 1.44. The predicted molar refractivity (Wildman–Crippen MR) is 94.4 cm³/mol. The second-order valence-corrected chi connectivity index (χ2v) is 10.2. The lowest BCUT2D eigenvalue weighted by Gasteiger charge is -2.42. The van der Waals surface area contributed by atoms with E-state index >= 15 is 0 Å². The van der Waals surface area contributed by atoms with Gasteiger partial charge in [-0.25, -0.2) is 0 Å². The van der Waals surface area contributed by atoms with Crippen LogP contribution in [0.4, 0.5) is 0 Å². The predicted octanol–water partition coefficient (Wildman–Crippen LogP) is 4.64. The average Bonchev–Trinajstić information content (AvgIpc) is 3.07. The maximum absolute atomic E-state index is 14.3. The Morgan fingerprint density at radius 3 is 2.71 bits per heavy atom. The topological polar surface area (TPSA) is 26.3 Å². The van der Waals surface area contributed by atoms with E-state index in [0.29, 0.717) is 29.5 Å². The summed E-state index contributed by atoms with van der Waals surface area (Å²) in [7, 11) is 1.84. The molecule has 0 radical (unpaired) electrons. The van der Waals surface area contributed by atoms with Gasteiger partial charge in [0.05, 0.1) is 16.9 Å². The second kappa shape index (κ2) is 4.55. The third-order valence-electron chi connectivity index (χ3n) is 9.33. The summed E-state index contributed by atoms with van der Waals surface area (Å²) in [5.74, 6) is 3.70. The molecule has 8 unspecified atom stereocenters. The first-order chi connectivity index (χ1) is 11.4. The monoisotopic (exact) mass is 328 g/mol. The smallest absolute Gasteiger partial charge is 0.152 e. The Morgan fingerprint density at radius 2 is 1.96 bits per heavy atom. The normalized spacial score (nSPS) is 56.2. The molecule has 0 aromatic heterocycles. The van der Waals surface area contributed by atoms with Gasteiger partial charge in [-0.15, -0.1) is 0 Å². The number of hydrogen-bond donors (Lipinski definition) is 0. The quantitative estimate of drug-likeness (QED) is 0.706. The summed E-state index contributed by atoms with van der Waals surface area (Å²) in [5.41, 5.74) is -0.269. The van der Waals surface area contributed by atoms with Crippen molar-refractivity contribution < 1.29 is 9.53 Å². The number of carbonyl (C=O) groups excluding carboxylic acids is 1. The van der Waals surface area contributed by atoms with Gasteiger partial charge >= 0.3 is 0 Å². The van der Waals surface area contributed by atoms with Crippen LogP contribution in [0.5, 0.6) is 0 Å². The highest BCUT2D eigenvalue weighted by molar-refractivity contribution is 5.98. The molecule has 2 nitrogen and oxygen atoms in total. The molecule has 4 fully saturated rings. The Kier molecular flexibility index (Phi) is 2.96. The van der Waals surface area contributed by atoms with Gasteiger partial charge in [0.25, 0.3) is 0 Å². The average molecular weight is 328 g/mol. The standard InChI is InChI=1S/C22H32O2/c1-13-8-9-17-20(2,3)22(17,18(13)24-4)19(23)21-11-10-14(12-21)15-6-5-7-16(15)21/h10-11,13-18H,5-9,12H2,1-4H3. The fourth-order valence-corrected chi connectivity index (χ4v) is 8.34. The molecule has 4 saturated carbocycles. The molecule has 132 valence electrons. The Labute approximate surface area is 146 Å². The van der Waals surface area contributed by atoms with Crippen LogP contribution in [0.15, 0.2) is 12.2 Å². The van der Waals surface area contributed by atoms with E-state index < -0.39 is 0 Å². The molecule has 0 aromatic carbocycles. The summed E-state index contributed by atoms with van der Waals surface area (Å²) >= 11 is 0. The summed E-state index contributed by atoms with van der Waals surface area (Å²) in [5, 5.41) is 0. The van der Waals surface area contributed by atoms with Gasteiger partial charge in [0.1, 0.15) is 0 Å². The molecule has 5 rings (SSSR count). The van der Waals surface area contributed by atoms with Gasteiger partial charge in [0.15, 0.2) is 5.78 Å². The highest BCUT2D eigenvalue weighted by Gasteiger charge is 2.82. The van der Waals surface area contributed by atoms with Gasteiger partial charge in [-0.3, -0.25) is 4.79 Å². The van der Waals surface area contributed by atoms with Gasteiger partial charge in [-0.2, -0.15) is 0 Å². The van der Waals surface area contributed by atoms with Gasteiger partial charge < -0.3 is 4.74 Å². The Hall–Kier alpha value is -0.630. The fraction of sp³-hybridized carbons (Fsp3) is 0.864. The van der Waals surface area contributed by atoms with Crippen molar-refractivity contribution in [3.05, 3.63) is 12.2 Å². The first kappa shape index (κ1) is 15.6. The molecule has 0 N–H and O–H groups in total. The Balaban J connectivity index is 1.60. The van der Waals surface area contributed by atoms with Crippen molar-refractivity contribution in [3.63, 3.8) is 0 Å². The zero-order chi connectivity index (χ0) is 16.9. The van der Waals surface area contributed by atoms with Crippen LogP contribution in [0.1, 0.15) is 59.3 Å². The maximum atomic E-state index is 14.3. The lowest BCUT2D eigenvalue weighted by molar-refractivity contribution is -0.146. The molecule has 0 saturated heterocycles. The number of fused-ring (bicyclic) bond motifs is 6. The summed E-state index contributed by atoms with van der Waals surface area (Å²) in [6, 6.07) is 0. The van der Waals surface area contributed by atoms with Crippen LogP contribution in [0.25, 0.3) is 0 Å². The lowest BCUT2D eigenvalue weighted by atomic mass is 9.62. The molecule has 5 aliphatic rings. The molecule has 8 atom stereocenters. The minimum Gasteiger partial charge on any atom is -0.380 e. The molecule has 0 aromatic rings. The van der Waals surface area contributed by atoms with Gasteiger partial charge in [-0.05, 0) is 67.1 Å². The van der Waals surface area contributed by atoms with Crippen molar-refractivity contribution in [1.82, 2.24) is 0 Å². The van der Waals surface area contributed by atoms with Crippen LogP contribution in [0.2, 0.25) is 0 Å². The molecule has 24 heavy (non-hydrogen) atoms. The van der Waals surface area contributed by atoms with Crippen molar-refractivity contribution in [1.29, 1.82) is 0 Å². The molecule has 0 heterocycles. The summed E-state index contributed by atoms with van der Waals surface area (Å²) in [6.45, 7) is 6.98. The van der Waals surface area contributed by atoms with Crippen molar-refractivity contribution in [2.24, 2.45) is 45.8 Å². The molecule has 0 aliphatic heterocycles. The number of ether oxygens (including phenoxy) is 1. The maximum Gasteiger partial charge on any atom is 0.152 e. The number of Topliss-reactive ketones (excluding diaryl/α,β-unsaturated/α-hetero) is 1. The molecule has 2 heteroatoms. The van der Waals surface area contributed by atoms with Crippen LogP contribution >= 0.6 is 0 Å². The van der Waals surface area contributed by atoms with E-state index in [2.05, 4.69) is 32.9 Å². The van der Waals surface area contributed by atoms with Crippen molar-refractivity contribution >= 4 is 5.78 Å². The minimum absolute atomic E-state index is 0.104. The molecule has 2 bridgehead atoms. The zero-order valence-electron chi connectivity index (χ0n) is 15.7. The van der Waals surface area contributed by atoms with E-state index in [4.69, 9.17) is 4.74 Å². The number of hydrogen-bond acceptors (Lipinski definition) is 2. The lowest BCUT2D eigenvalue weighted by Crippen LogP contribution is -2.50. The summed E-state index contributed by atoms with van der Waals surface area (Å²) < 4.78 is 6.05. The number of methoxy groups -OCH3 is 1. The molecule has 5 aliphatic carbocycles. The Bertz CT molecular complexity index is 619. The van der Waals surface area contributed by atoms with E-state index in [-0.39, 0.29) is 22.3 Å². The first-order valence-corrected chi connectivity index (χ1v) is 10.2. The van der Waals surface area contributed by atoms with Gasteiger partial charge in [-0.1, -0.05) is 39.3 Å². The molecular weight excluding hydrogens is 296 g/mol. The van der Waals surface area contributed by atoms with E-state index in [1.807, 2.05) is 7.11 Å². The first-order valence-electron chi connectivity index (χ1n) is 10.2. The summed E-state index contributed by atoms with van der Waals surface area (Å²) in [4.78, 5) is 14.3. The SMILES string of the molecule is COC1C(C)CCC2C(C)(C)C12C(=O)C12C=CC(C1)C1CCCC12. The van der Waals surface area contributed by atoms with E-state index in [0.717, 1.165) is 12.3 Å². The minimum atomic E-state index is -0.226. The van der Waals surface area contributed by atoms with E-state index in [1.165, 1.54) is 32.1 Å². The van der Waals surface area contributed by atoms with E-state index in [1.54, 1.807) is 0 Å². The number of allylic oxidation sites excluding steroid dienone is 2. The molecule has 0 spiro atoms. The van der Waals surface area contributed by atoms with Crippen molar-refractivity contribution in [2.45, 2.75) is 65.4 Å². The second-order valence-electron chi connectivity index (χ2n) is 10.2. The molecule has 0 amide bonds. The number of ketones is 1. The van der Waals surface area contributed by atoms with Crippen LogP contribution in [-0.2, 0) is 9.53 Å². The largest absolute Gasteiger partial charge is 0.380 e. The summed E-state index contributed by atoms with van der Waals surface area (Å²) in [6.07, 6.45) is 12.3. The molecular formula is C22H32O2. The Morgan fingerprint density at radius 1 is 1.17 bits per heavy atom. The zero-order valence-corrected chi connectivity index (χ0v) is 15.7. The van der Waals surface area contributed by atoms with Crippen LogP contribution in [-0.4, -0.2) is 19.0 Å². The van der Waals surface area contributed by atoms with Crippen LogP contribution < -0.4 is 0 Å². The van der Waals surface area contributed by atoms with Gasteiger partial charge in [0.2, 0.25) is 0 Å². The highest BCUT2D eigenvalue weighted by atomic mass is 16.5. The van der Waals surface area contributed by atoms with Crippen molar-refractivity contribution in [2.75, 3.05) is 7.11 Å². The number of rotatable bonds is 3. The van der Waals surface area contributed by atoms with E-state index in [9.17, 15) is 4.79 Å². The van der Waals surface area contributed by atoms with Crippen molar-refractivity contribution in [3.8, 4) is 0 Å².